The summed E-state index contributed by atoms with van der Waals surface area (Å²) >= 11 is 0. The molecule has 184 valence electrons. The maximum Gasteiger partial charge on any atom is 0.200 e. The highest BCUT2D eigenvalue weighted by atomic mass is 19.2. The Morgan fingerprint density at radius 2 is 1.54 bits per heavy atom. The van der Waals surface area contributed by atoms with Crippen LogP contribution in [0.5, 0.6) is 5.75 Å². The average Bonchev–Trinajstić information content (AvgIpc) is 2.87. The molecule has 35 heavy (non-hydrogen) atoms. The molecular weight excluding hydrogens is 456 g/mol. The van der Waals surface area contributed by atoms with E-state index in [0.29, 0.717) is 36.8 Å². The van der Waals surface area contributed by atoms with Crippen LogP contribution in [-0.4, -0.2) is 12.7 Å². The Balaban J connectivity index is 1.35. The van der Waals surface area contributed by atoms with E-state index >= 15 is 0 Å². The molecule has 0 amide bonds. The molecule has 0 saturated heterocycles. The highest BCUT2D eigenvalue weighted by molar-refractivity contribution is 5.65. The zero-order valence-electron chi connectivity index (χ0n) is 19.6. The van der Waals surface area contributed by atoms with Gasteiger partial charge in [0.05, 0.1) is 12.7 Å². The first-order valence-electron chi connectivity index (χ1n) is 11.8. The maximum atomic E-state index is 14.7. The van der Waals surface area contributed by atoms with Gasteiger partial charge in [0.25, 0.3) is 0 Å². The fraction of sp³-hybridized carbons (Fsp3) is 0.310. The van der Waals surface area contributed by atoms with Crippen molar-refractivity contribution >= 4 is 0 Å². The molecule has 0 unspecified atom stereocenters. The van der Waals surface area contributed by atoms with Gasteiger partial charge in [-0.2, -0.15) is 4.39 Å². The smallest absolute Gasteiger partial charge is 0.200 e. The molecule has 1 aliphatic carbocycles. The standard InChI is InChI=1S/C29H28F4O2/c1-3-16-34-25-15-14-24(28(32)29(25)33)20-8-11-22(12-9-20)35-17-21-10-13-23(27(31)26(21)30)19-6-4-18(2)5-7-19/h3-7,10,13-15,20,22H,1,8-9,11-12,16-17H2,2H3. The Morgan fingerprint density at radius 1 is 0.829 bits per heavy atom. The molecule has 0 spiro atoms. The fourth-order valence-electron chi connectivity index (χ4n) is 4.53. The lowest BCUT2D eigenvalue weighted by atomic mass is 9.82. The molecule has 1 fully saturated rings. The number of ether oxygens (including phenoxy) is 2. The number of hydrogen-bond donors (Lipinski definition) is 0. The third-order valence-electron chi connectivity index (χ3n) is 6.55. The van der Waals surface area contributed by atoms with Gasteiger partial charge in [-0.05, 0) is 55.7 Å². The minimum atomic E-state index is -0.991. The van der Waals surface area contributed by atoms with Crippen LogP contribution in [0.4, 0.5) is 17.6 Å². The van der Waals surface area contributed by atoms with Gasteiger partial charge in [-0.3, -0.25) is 0 Å². The molecular formula is C29H28F4O2. The Bertz CT molecular complexity index is 1180. The SMILES string of the molecule is C=CCOc1ccc(C2CCC(OCc3ccc(-c4ccc(C)cc4)c(F)c3F)CC2)c(F)c1F. The molecule has 0 N–H and O–H groups in total. The lowest BCUT2D eigenvalue weighted by Gasteiger charge is -2.29. The van der Waals surface area contributed by atoms with E-state index in [1.165, 1.54) is 12.1 Å². The van der Waals surface area contributed by atoms with Crippen molar-refractivity contribution in [3.05, 3.63) is 101 Å². The highest BCUT2D eigenvalue weighted by Crippen LogP contribution is 2.38. The van der Waals surface area contributed by atoms with Crippen LogP contribution in [-0.2, 0) is 11.3 Å². The first-order valence-corrected chi connectivity index (χ1v) is 11.8. The van der Waals surface area contributed by atoms with E-state index < -0.39 is 23.3 Å². The molecule has 3 aromatic rings. The second kappa shape index (κ2) is 11.1. The Morgan fingerprint density at radius 3 is 2.23 bits per heavy atom. The second-order valence-corrected chi connectivity index (χ2v) is 8.93. The van der Waals surface area contributed by atoms with Gasteiger partial charge < -0.3 is 9.47 Å². The van der Waals surface area contributed by atoms with Crippen LogP contribution in [0.2, 0.25) is 0 Å². The summed E-state index contributed by atoms with van der Waals surface area (Å²) in [4.78, 5) is 0. The zero-order chi connectivity index (χ0) is 24.9. The van der Waals surface area contributed by atoms with E-state index in [9.17, 15) is 17.6 Å². The zero-order valence-corrected chi connectivity index (χ0v) is 19.6. The van der Waals surface area contributed by atoms with Gasteiger partial charge in [-0.15, -0.1) is 0 Å². The van der Waals surface area contributed by atoms with Gasteiger partial charge in [-0.25, -0.2) is 13.2 Å². The molecule has 0 atom stereocenters. The largest absolute Gasteiger partial charge is 0.486 e. The summed E-state index contributed by atoms with van der Waals surface area (Å²) in [6, 6.07) is 13.4. The predicted molar refractivity (Wildman–Crippen MR) is 128 cm³/mol. The third kappa shape index (κ3) is 5.59. The van der Waals surface area contributed by atoms with Crippen LogP contribution < -0.4 is 4.74 Å². The van der Waals surface area contributed by atoms with Crippen molar-refractivity contribution in [1.29, 1.82) is 0 Å². The van der Waals surface area contributed by atoms with Gasteiger partial charge in [0.1, 0.15) is 6.61 Å². The molecule has 2 nitrogen and oxygen atoms in total. The molecule has 1 saturated carbocycles. The van der Waals surface area contributed by atoms with Crippen LogP contribution in [0.1, 0.15) is 48.3 Å². The van der Waals surface area contributed by atoms with E-state index in [0.717, 1.165) is 5.56 Å². The molecule has 0 heterocycles. The van der Waals surface area contributed by atoms with E-state index in [4.69, 9.17) is 9.47 Å². The van der Waals surface area contributed by atoms with Crippen molar-refractivity contribution in [1.82, 2.24) is 0 Å². The lowest BCUT2D eigenvalue weighted by molar-refractivity contribution is 0.0116. The molecule has 0 aromatic heterocycles. The number of aryl methyl sites for hydroxylation is 1. The minimum absolute atomic E-state index is 0.0510. The lowest BCUT2D eigenvalue weighted by Crippen LogP contribution is -2.21. The van der Waals surface area contributed by atoms with Gasteiger partial charge >= 0.3 is 0 Å². The summed E-state index contributed by atoms with van der Waals surface area (Å²) in [5.41, 5.74) is 2.34. The second-order valence-electron chi connectivity index (χ2n) is 8.93. The minimum Gasteiger partial charge on any atom is -0.486 e. The summed E-state index contributed by atoms with van der Waals surface area (Å²) in [6.07, 6.45) is 3.76. The molecule has 0 aliphatic heterocycles. The average molecular weight is 485 g/mol. The number of benzene rings is 3. The number of rotatable bonds is 8. The molecule has 1 aliphatic rings. The Labute approximate surface area is 203 Å². The summed E-state index contributed by atoms with van der Waals surface area (Å²) in [5, 5.41) is 0. The number of halogens is 4. The van der Waals surface area contributed by atoms with Crippen molar-refractivity contribution in [3.63, 3.8) is 0 Å². The molecule has 6 heteroatoms. The summed E-state index contributed by atoms with van der Waals surface area (Å²) in [5.74, 6) is -3.95. The predicted octanol–water partition coefficient (Wildman–Crippen LogP) is 8.03. The van der Waals surface area contributed by atoms with Crippen LogP contribution in [0.15, 0.2) is 61.2 Å². The molecule has 0 radical (unpaired) electrons. The van der Waals surface area contributed by atoms with Crippen molar-refractivity contribution < 1.29 is 27.0 Å². The first kappa shape index (κ1) is 25.0. The van der Waals surface area contributed by atoms with Gasteiger partial charge in [0.2, 0.25) is 5.82 Å². The van der Waals surface area contributed by atoms with Crippen molar-refractivity contribution in [3.8, 4) is 16.9 Å². The van der Waals surface area contributed by atoms with Crippen LogP contribution >= 0.6 is 0 Å². The van der Waals surface area contributed by atoms with Crippen molar-refractivity contribution in [2.75, 3.05) is 6.61 Å². The first-order chi connectivity index (χ1) is 16.9. The van der Waals surface area contributed by atoms with E-state index in [1.54, 1.807) is 30.3 Å². The van der Waals surface area contributed by atoms with E-state index in [-0.39, 0.29) is 42.1 Å². The fourth-order valence-corrected chi connectivity index (χ4v) is 4.53. The van der Waals surface area contributed by atoms with Gasteiger partial charge in [-0.1, -0.05) is 60.7 Å². The Hall–Kier alpha value is -3.12. The van der Waals surface area contributed by atoms with Crippen molar-refractivity contribution in [2.24, 2.45) is 0 Å². The topological polar surface area (TPSA) is 18.5 Å². The van der Waals surface area contributed by atoms with Gasteiger partial charge in [0.15, 0.2) is 23.2 Å². The Kier molecular flexibility index (Phi) is 7.91. The summed E-state index contributed by atoms with van der Waals surface area (Å²) < 4.78 is 69.4. The van der Waals surface area contributed by atoms with Crippen LogP contribution in [0.25, 0.3) is 11.1 Å². The summed E-state index contributed by atoms with van der Waals surface area (Å²) in [7, 11) is 0. The normalized spacial score (nSPS) is 17.9. The molecule has 4 rings (SSSR count). The van der Waals surface area contributed by atoms with Gasteiger partial charge in [0, 0.05) is 11.1 Å². The number of hydrogen-bond acceptors (Lipinski definition) is 2. The van der Waals surface area contributed by atoms with Crippen LogP contribution in [0, 0.1) is 30.2 Å². The van der Waals surface area contributed by atoms with E-state index in [1.807, 2.05) is 19.1 Å². The quantitative estimate of drug-likeness (QED) is 0.238. The monoisotopic (exact) mass is 484 g/mol. The highest BCUT2D eigenvalue weighted by Gasteiger charge is 2.27. The van der Waals surface area contributed by atoms with Crippen molar-refractivity contribution in [2.45, 2.75) is 51.2 Å². The summed E-state index contributed by atoms with van der Waals surface area (Å²) in [6.45, 7) is 5.47. The third-order valence-corrected chi connectivity index (χ3v) is 6.55. The molecule has 0 bridgehead atoms. The van der Waals surface area contributed by atoms with E-state index in [2.05, 4.69) is 6.58 Å². The maximum absolute atomic E-state index is 14.7. The van der Waals surface area contributed by atoms with Crippen LogP contribution in [0.3, 0.4) is 0 Å². The molecule has 3 aromatic carbocycles.